The number of nitrogens with zero attached hydrogens (tertiary/aromatic N) is 1. The second kappa shape index (κ2) is 6.97. The molecule has 0 aromatic heterocycles. The number of esters is 1. The SMILES string of the molecule is COC(=O)C1CCC(NC(=O)CN2CSCC2=O)CC1. The second-order valence-corrected chi connectivity index (χ2v) is 6.16. The van der Waals surface area contributed by atoms with E-state index in [1.165, 1.54) is 18.9 Å². The highest BCUT2D eigenvalue weighted by atomic mass is 32.2. The first-order valence-electron chi connectivity index (χ1n) is 6.83. The molecule has 2 aliphatic rings. The molecule has 0 bridgehead atoms. The molecular formula is C13H20N2O4S. The van der Waals surface area contributed by atoms with E-state index in [0.29, 0.717) is 11.6 Å². The lowest BCUT2D eigenvalue weighted by atomic mass is 9.86. The van der Waals surface area contributed by atoms with Gasteiger partial charge in [0.05, 0.1) is 24.7 Å². The standard InChI is InChI=1S/C13H20N2O4S/c1-19-13(18)9-2-4-10(5-3-9)14-11(16)6-15-8-20-7-12(15)17/h9-10H,2-8H2,1H3,(H,14,16). The first kappa shape index (κ1) is 15.2. The van der Waals surface area contributed by atoms with Gasteiger partial charge in [0.1, 0.15) is 6.54 Å². The van der Waals surface area contributed by atoms with Crippen molar-refractivity contribution in [3.63, 3.8) is 0 Å². The van der Waals surface area contributed by atoms with Crippen molar-refractivity contribution < 1.29 is 19.1 Å². The summed E-state index contributed by atoms with van der Waals surface area (Å²) >= 11 is 1.53. The molecule has 6 nitrogen and oxygen atoms in total. The van der Waals surface area contributed by atoms with E-state index in [1.807, 2.05) is 0 Å². The quantitative estimate of drug-likeness (QED) is 0.759. The van der Waals surface area contributed by atoms with Gasteiger partial charge in [-0.05, 0) is 25.7 Å². The van der Waals surface area contributed by atoms with Crippen molar-refractivity contribution in [2.45, 2.75) is 31.7 Å². The number of hydrogen-bond acceptors (Lipinski definition) is 5. The highest BCUT2D eigenvalue weighted by molar-refractivity contribution is 8.00. The second-order valence-electron chi connectivity index (χ2n) is 5.21. The van der Waals surface area contributed by atoms with Gasteiger partial charge in [-0.2, -0.15) is 0 Å². The summed E-state index contributed by atoms with van der Waals surface area (Å²) in [7, 11) is 1.40. The lowest BCUT2D eigenvalue weighted by Gasteiger charge is -2.28. The minimum Gasteiger partial charge on any atom is -0.469 e. The molecule has 0 aromatic carbocycles. The first-order valence-corrected chi connectivity index (χ1v) is 7.98. The number of thioether (sulfide) groups is 1. The summed E-state index contributed by atoms with van der Waals surface area (Å²) in [6, 6.07) is 0.105. The third-order valence-corrected chi connectivity index (χ3v) is 4.73. The molecule has 2 rings (SSSR count). The number of amides is 2. The van der Waals surface area contributed by atoms with Crippen LogP contribution in [0.5, 0.6) is 0 Å². The number of nitrogens with one attached hydrogen (secondary N) is 1. The van der Waals surface area contributed by atoms with Crippen LogP contribution in [0.3, 0.4) is 0 Å². The smallest absolute Gasteiger partial charge is 0.308 e. The number of rotatable bonds is 4. The molecule has 0 atom stereocenters. The lowest BCUT2D eigenvalue weighted by Crippen LogP contribution is -2.44. The number of ether oxygens (including phenoxy) is 1. The van der Waals surface area contributed by atoms with Gasteiger partial charge >= 0.3 is 5.97 Å². The van der Waals surface area contributed by atoms with Crippen LogP contribution in [0.2, 0.25) is 0 Å². The number of methoxy groups -OCH3 is 1. The van der Waals surface area contributed by atoms with Gasteiger partial charge in [-0.1, -0.05) is 0 Å². The van der Waals surface area contributed by atoms with Gasteiger partial charge in [-0.15, -0.1) is 11.8 Å². The first-order chi connectivity index (χ1) is 9.60. The van der Waals surface area contributed by atoms with E-state index in [0.717, 1.165) is 25.7 Å². The normalized spacial score (nSPS) is 26.4. The minimum atomic E-state index is -0.158. The number of carbonyl (C=O) groups excluding carboxylic acids is 3. The molecule has 1 heterocycles. The average Bonchev–Trinajstić information content (AvgIpc) is 2.84. The van der Waals surface area contributed by atoms with Crippen LogP contribution < -0.4 is 5.32 Å². The van der Waals surface area contributed by atoms with E-state index in [9.17, 15) is 14.4 Å². The number of hydrogen-bond donors (Lipinski definition) is 1. The highest BCUT2D eigenvalue weighted by Gasteiger charge is 2.29. The molecule has 2 amide bonds. The molecule has 0 spiro atoms. The van der Waals surface area contributed by atoms with Crippen LogP contribution >= 0.6 is 11.8 Å². The molecule has 112 valence electrons. The van der Waals surface area contributed by atoms with Crippen LogP contribution in [0, 0.1) is 5.92 Å². The molecule has 0 unspecified atom stereocenters. The molecule has 1 N–H and O–H groups in total. The minimum absolute atomic E-state index is 0.0274. The van der Waals surface area contributed by atoms with E-state index >= 15 is 0 Å². The molecule has 7 heteroatoms. The van der Waals surface area contributed by atoms with Crippen LogP contribution in [0.4, 0.5) is 0 Å². The molecule has 2 fully saturated rings. The fourth-order valence-corrected chi connectivity index (χ4v) is 3.53. The van der Waals surface area contributed by atoms with Gasteiger partial charge < -0.3 is 15.0 Å². The summed E-state index contributed by atoms with van der Waals surface area (Å²) in [5.74, 6) is 0.792. The fourth-order valence-electron chi connectivity index (χ4n) is 2.63. The third-order valence-electron chi connectivity index (χ3n) is 3.79. The lowest BCUT2D eigenvalue weighted by molar-refractivity contribution is -0.146. The average molecular weight is 300 g/mol. The largest absolute Gasteiger partial charge is 0.469 e. The van der Waals surface area contributed by atoms with E-state index in [-0.39, 0.29) is 36.3 Å². The Morgan fingerprint density at radius 2 is 2.05 bits per heavy atom. The van der Waals surface area contributed by atoms with Gasteiger partial charge in [0, 0.05) is 6.04 Å². The van der Waals surface area contributed by atoms with Gasteiger partial charge in [-0.3, -0.25) is 14.4 Å². The number of carbonyl (C=O) groups is 3. The monoisotopic (exact) mass is 300 g/mol. The zero-order valence-electron chi connectivity index (χ0n) is 11.6. The summed E-state index contributed by atoms with van der Waals surface area (Å²) in [4.78, 5) is 36.3. The van der Waals surface area contributed by atoms with E-state index < -0.39 is 0 Å². The Kier molecular flexibility index (Phi) is 5.28. The Hall–Kier alpha value is -1.24. The maximum atomic E-state index is 11.9. The van der Waals surface area contributed by atoms with Gasteiger partial charge in [0.2, 0.25) is 11.8 Å². The molecule has 1 aliphatic carbocycles. The van der Waals surface area contributed by atoms with Crippen molar-refractivity contribution in [3.05, 3.63) is 0 Å². The summed E-state index contributed by atoms with van der Waals surface area (Å²) in [6.45, 7) is 0.142. The van der Waals surface area contributed by atoms with Crippen molar-refractivity contribution >= 4 is 29.5 Å². The van der Waals surface area contributed by atoms with E-state index in [2.05, 4.69) is 5.32 Å². The summed E-state index contributed by atoms with van der Waals surface area (Å²) in [5.41, 5.74) is 0. The molecule has 0 aromatic rings. The van der Waals surface area contributed by atoms with Crippen LogP contribution in [-0.4, -0.2) is 54.0 Å². The van der Waals surface area contributed by atoms with Crippen molar-refractivity contribution in [2.75, 3.05) is 25.3 Å². The van der Waals surface area contributed by atoms with E-state index in [1.54, 1.807) is 4.90 Å². The van der Waals surface area contributed by atoms with Crippen LogP contribution in [0.25, 0.3) is 0 Å². The van der Waals surface area contributed by atoms with Gasteiger partial charge in [-0.25, -0.2) is 0 Å². The Morgan fingerprint density at radius 3 is 2.60 bits per heavy atom. The predicted octanol–water partition coefficient (Wildman–Crippen LogP) is 0.367. The van der Waals surface area contributed by atoms with Crippen molar-refractivity contribution in [3.8, 4) is 0 Å². The Balaban J connectivity index is 1.71. The van der Waals surface area contributed by atoms with Crippen LogP contribution in [0.1, 0.15) is 25.7 Å². The molecule has 1 aliphatic heterocycles. The Morgan fingerprint density at radius 1 is 1.35 bits per heavy atom. The zero-order chi connectivity index (χ0) is 14.5. The molecule has 1 saturated heterocycles. The fraction of sp³-hybridized carbons (Fsp3) is 0.769. The maximum Gasteiger partial charge on any atom is 0.308 e. The topological polar surface area (TPSA) is 75.7 Å². The van der Waals surface area contributed by atoms with Crippen molar-refractivity contribution in [2.24, 2.45) is 5.92 Å². The van der Waals surface area contributed by atoms with Crippen LogP contribution in [0.15, 0.2) is 0 Å². The predicted molar refractivity (Wildman–Crippen MR) is 74.9 cm³/mol. The van der Waals surface area contributed by atoms with E-state index in [4.69, 9.17) is 4.74 Å². The highest BCUT2D eigenvalue weighted by Crippen LogP contribution is 2.25. The Bertz CT molecular complexity index is 394. The summed E-state index contributed by atoms with van der Waals surface area (Å²) in [5, 5.41) is 2.95. The molecule has 20 heavy (non-hydrogen) atoms. The van der Waals surface area contributed by atoms with Crippen molar-refractivity contribution in [1.82, 2.24) is 10.2 Å². The van der Waals surface area contributed by atoms with Gasteiger partial charge in [0.15, 0.2) is 0 Å². The van der Waals surface area contributed by atoms with Crippen LogP contribution in [-0.2, 0) is 19.1 Å². The van der Waals surface area contributed by atoms with Gasteiger partial charge in [0.25, 0.3) is 0 Å². The zero-order valence-corrected chi connectivity index (χ0v) is 12.4. The van der Waals surface area contributed by atoms with Crippen molar-refractivity contribution in [1.29, 1.82) is 0 Å². The Labute approximate surface area is 122 Å². The molecule has 1 saturated carbocycles. The summed E-state index contributed by atoms with van der Waals surface area (Å²) in [6.07, 6.45) is 3.06. The molecular weight excluding hydrogens is 280 g/mol. The third kappa shape index (κ3) is 3.88. The summed E-state index contributed by atoms with van der Waals surface area (Å²) < 4.78 is 4.73. The molecule has 0 radical (unpaired) electrons. The maximum absolute atomic E-state index is 11.9.